The maximum Gasteiger partial charge on any atom is 0.411 e. The van der Waals surface area contributed by atoms with Crippen LogP contribution >= 0.6 is 0 Å². The minimum atomic E-state index is -0.349. The van der Waals surface area contributed by atoms with Crippen LogP contribution in [-0.2, 0) is 4.74 Å². The number of carbonyl (C=O) groups is 1. The molecule has 0 aromatic rings. The topological polar surface area (TPSA) is 38.3 Å². The van der Waals surface area contributed by atoms with Crippen molar-refractivity contribution in [3.05, 3.63) is 11.8 Å². The van der Waals surface area contributed by atoms with Gasteiger partial charge in [0.1, 0.15) is 6.61 Å². The molecule has 1 fully saturated rings. The van der Waals surface area contributed by atoms with Gasteiger partial charge in [0.15, 0.2) is 0 Å². The van der Waals surface area contributed by atoms with Crippen molar-refractivity contribution >= 4 is 6.09 Å². The zero-order valence-electron chi connectivity index (χ0n) is 4.60. The van der Waals surface area contributed by atoms with Gasteiger partial charge in [-0.25, -0.2) is 4.79 Å². The Morgan fingerprint density at radius 3 is 2.88 bits per heavy atom. The fourth-order valence-corrected chi connectivity index (χ4v) is 0.502. The normalized spacial score (nSPS) is 23.1. The molecule has 1 heterocycles. The Morgan fingerprint density at radius 2 is 2.62 bits per heavy atom. The van der Waals surface area contributed by atoms with E-state index < -0.39 is 0 Å². The fourth-order valence-electron chi connectivity index (χ4n) is 0.502. The van der Waals surface area contributed by atoms with E-state index in [-0.39, 0.29) is 6.09 Å². The van der Waals surface area contributed by atoms with Gasteiger partial charge in [-0.3, -0.25) is 5.32 Å². The molecule has 8 heavy (non-hydrogen) atoms. The lowest BCUT2D eigenvalue weighted by Crippen LogP contribution is -2.10. The summed E-state index contributed by atoms with van der Waals surface area (Å²) in [7, 11) is 0. The summed E-state index contributed by atoms with van der Waals surface area (Å²) in [5.74, 6) is 0. The quantitative estimate of drug-likeness (QED) is 0.500. The Hall–Kier alpha value is -0.990. The smallest absolute Gasteiger partial charge is 0.411 e. The first-order chi connectivity index (χ1) is 3.83. The lowest BCUT2D eigenvalue weighted by molar-refractivity contribution is 0.179. The standard InChI is InChI=1S/C5H7NO2/c1-2-4-3-8-5(7)6-4/h2H,3H2,1H3,(H,6,7)/b4-2-. The third kappa shape index (κ3) is 0.804. The Morgan fingerprint density at radius 1 is 1.88 bits per heavy atom. The average molecular weight is 113 g/mol. The van der Waals surface area contributed by atoms with E-state index in [1.807, 2.05) is 13.0 Å². The molecule has 1 aliphatic rings. The molecule has 1 aliphatic heterocycles. The van der Waals surface area contributed by atoms with Gasteiger partial charge in [-0.1, -0.05) is 6.08 Å². The van der Waals surface area contributed by atoms with Gasteiger partial charge in [0.25, 0.3) is 0 Å². The van der Waals surface area contributed by atoms with Crippen molar-refractivity contribution < 1.29 is 9.53 Å². The van der Waals surface area contributed by atoms with Crippen LogP contribution in [0.15, 0.2) is 11.8 Å². The van der Waals surface area contributed by atoms with E-state index in [1.165, 1.54) is 0 Å². The van der Waals surface area contributed by atoms with Gasteiger partial charge in [0.2, 0.25) is 0 Å². The van der Waals surface area contributed by atoms with E-state index in [1.54, 1.807) is 0 Å². The molecule has 1 saturated heterocycles. The van der Waals surface area contributed by atoms with E-state index in [0.717, 1.165) is 5.70 Å². The molecule has 0 saturated carbocycles. The van der Waals surface area contributed by atoms with Crippen LogP contribution in [0.4, 0.5) is 4.79 Å². The van der Waals surface area contributed by atoms with Crippen LogP contribution in [0.2, 0.25) is 0 Å². The Labute approximate surface area is 47.3 Å². The summed E-state index contributed by atoms with van der Waals surface area (Å²) in [5, 5.41) is 2.50. The predicted molar refractivity (Wildman–Crippen MR) is 28.2 cm³/mol. The van der Waals surface area contributed by atoms with E-state index in [2.05, 4.69) is 10.1 Å². The van der Waals surface area contributed by atoms with Crippen molar-refractivity contribution in [1.82, 2.24) is 5.32 Å². The Kier molecular flexibility index (Phi) is 1.20. The molecular weight excluding hydrogens is 106 g/mol. The number of nitrogens with one attached hydrogen (secondary N) is 1. The van der Waals surface area contributed by atoms with Crippen LogP contribution in [0.5, 0.6) is 0 Å². The molecule has 0 aromatic carbocycles. The Bertz CT molecular complexity index is 139. The van der Waals surface area contributed by atoms with Crippen molar-refractivity contribution in [3.63, 3.8) is 0 Å². The number of amides is 1. The van der Waals surface area contributed by atoms with Crippen LogP contribution in [-0.4, -0.2) is 12.7 Å². The highest BCUT2D eigenvalue weighted by atomic mass is 16.6. The number of hydrogen-bond acceptors (Lipinski definition) is 2. The van der Waals surface area contributed by atoms with Gasteiger partial charge in [0.05, 0.1) is 5.70 Å². The highest BCUT2D eigenvalue weighted by Gasteiger charge is 2.12. The first-order valence-electron chi connectivity index (χ1n) is 2.42. The van der Waals surface area contributed by atoms with Gasteiger partial charge < -0.3 is 4.74 Å². The maximum absolute atomic E-state index is 10.2. The van der Waals surface area contributed by atoms with Crippen molar-refractivity contribution in [3.8, 4) is 0 Å². The first kappa shape index (κ1) is 5.15. The number of carbonyl (C=O) groups excluding carboxylic acids is 1. The first-order valence-corrected chi connectivity index (χ1v) is 2.42. The molecule has 0 bridgehead atoms. The van der Waals surface area contributed by atoms with Crippen LogP contribution < -0.4 is 5.32 Å². The van der Waals surface area contributed by atoms with E-state index in [9.17, 15) is 4.79 Å². The highest BCUT2D eigenvalue weighted by molar-refractivity contribution is 5.72. The third-order valence-electron chi connectivity index (χ3n) is 0.970. The second-order valence-electron chi connectivity index (χ2n) is 1.52. The van der Waals surface area contributed by atoms with Gasteiger partial charge in [0, 0.05) is 0 Å². The molecule has 0 atom stereocenters. The number of rotatable bonds is 0. The van der Waals surface area contributed by atoms with Gasteiger partial charge in [-0.2, -0.15) is 0 Å². The highest BCUT2D eigenvalue weighted by Crippen LogP contribution is 1.98. The van der Waals surface area contributed by atoms with Crippen LogP contribution in [0.25, 0.3) is 0 Å². The molecule has 1 amide bonds. The molecule has 0 unspecified atom stereocenters. The summed E-state index contributed by atoms with van der Waals surface area (Å²) in [6.07, 6.45) is 1.46. The average Bonchev–Trinajstić information content (AvgIpc) is 2.14. The minimum Gasteiger partial charge on any atom is -0.443 e. The van der Waals surface area contributed by atoms with Crippen LogP contribution in [0, 0.1) is 0 Å². The van der Waals surface area contributed by atoms with Crippen molar-refractivity contribution in [2.24, 2.45) is 0 Å². The van der Waals surface area contributed by atoms with Crippen molar-refractivity contribution in [2.75, 3.05) is 6.61 Å². The molecular formula is C5H7NO2. The Balaban J connectivity index is 2.56. The van der Waals surface area contributed by atoms with Crippen LogP contribution in [0.1, 0.15) is 6.92 Å². The number of cyclic esters (lactones) is 1. The van der Waals surface area contributed by atoms with E-state index in [0.29, 0.717) is 6.61 Å². The molecule has 0 aliphatic carbocycles. The number of allylic oxidation sites excluding steroid dienone is 1. The number of ether oxygens (including phenoxy) is 1. The lowest BCUT2D eigenvalue weighted by atomic mass is 10.4. The number of alkyl carbamates (subject to hydrolysis) is 1. The molecule has 1 rings (SSSR count). The summed E-state index contributed by atoms with van der Waals surface area (Å²) < 4.78 is 4.54. The molecule has 0 spiro atoms. The SMILES string of the molecule is C/C=C1/COC(=O)N1. The maximum atomic E-state index is 10.2. The fraction of sp³-hybridized carbons (Fsp3) is 0.400. The van der Waals surface area contributed by atoms with E-state index >= 15 is 0 Å². The van der Waals surface area contributed by atoms with Gasteiger partial charge >= 0.3 is 6.09 Å². The third-order valence-corrected chi connectivity index (χ3v) is 0.970. The number of hydrogen-bond donors (Lipinski definition) is 1. The monoisotopic (exact) mass is 113 g/mol. The summed E-state index contributed by atoms with van der Waals surface area (Å²) in [6.45, 7) is 2.25. The molecule has 44 valence electrons. The second-order valence-corrected chi connectivity index (χ2v) is 1.52. The molecule has 0 radical (unpaired) electrons. The zero-order valence-corrected chi connectivity index (χ0v) is 4.60. The van der Waals surface area contributed by atoms with E-state index in [4.69, 9.17) is 0 Å². The summed E-state index contributed by atoms with van der Waals surface area (Å²) in [5.41, 5.74) is 0.843. The minimum absolute atomic E-state index is 0.349. The van der Waals surface area contributed by atoms with Crippen LogP contribution in [0.3, 0.4) is 0 Å². The second kappa shape index (κ2) is 1.86. The molecule has 1 N–H and O–H groups in total. The van der Waals surface area contributed by atoms with Crippen molar-refractivity contribution in [2.45, 2.75) is 6.92 Å². The summed E-state index contributed by atoms with van der Waals surface area (Å²) in [6, 6.07) is 0. The molecule has 3 heteroatoms. The summed E-state index contributed by atoms with van der Waals surface area (Å²) >= 11 is 0. The zero-order chi connectivity index (χ0) is 5.98. The molecule has 3 nitrogen and oxygen atoms in total. The molecule has 0 aromatic heterocycles. The van der Waals surface area contributed by atoms with Gasteiger partial charge in [-0.15, -0.1) is 0 Å². The largest absolute Gasteiger partial charge is 0.443 e. The summed E-state index contributed by atoms with van der Waals surface area (Å²) in [4.78, 5) is 10.2. The predicted octanol–water partition coefficient (Wildman–Crippen LogP) is 0.630. The lowest BCUT2D eigenvalue weighted by Gasteiger charge is -1.84. The van der Waals surface area contributed by atoms with Gasteiger partial charge in [-0.05, 0) is 6.92 Å². The van der Waals surface area contributed by atoms with Crippen molar-refractivity contribution in [1.29, 1.82) is 0 Å².